The fraction of sp³-hybridized carbons (Fsp3) is 0.250. The molecular formula is C24H26N2O. The first-order chi connectivity index (χ1) is 13.0. The van der Waals surface area contributed by atoms with Gasteiger partial charge in [-0.05, 0) is 50.5 Å². The molecule has 27 heavy (non-hydrogen) atoms. The van der Waals surface area contributed by atoms with Crippen LogP contribution < -0.4 is 0 Å². The summed E-state index contributed by atoms with van der Waals surface area (Å²) >= 11 is 0. The van der Waals surface area contributed by atoms with Crippen molar-refractivity contribution < 1.29 is 4.79 Å². The fourth-order valence-corrected chi connectivity index (χ4v) is 3.60. The lowest BCUT2D eigenvalue weighted by Crippen LogP contribution is -2.42. The smallest absolute Gasteiger partial charge is 0.255 e. The van der Waals surface area contributed by atoms with Gasteiger partial charge in [0.15, 0.2) is 0 Å². The number of rotatable bonds is 5. The summed E-state index contributed by atoms with van der Waals surface area (Å²) in [7, 11) is 0. The third-order valence-corrected chi connectivity index (χ3v) is 4.68. The Labute approximate surface area is 161 Å². The Morgan fingerprint density at radius 2 is 1.37 bits per heavy atom. The number of pyridine rings is 1. The minimum absolute atomic E-state index is 0.0540. The number of carbonyl (C=O) groups excluding carboxylic acids is 1. The molecule has 0 fully saturated rings. The van der Waals surface area contributed by atoms with Gasteiger partial charge in [-0.25, -0.2) is 0 Å². The summed E-state index contributed by atoms with van der Waals surface area (Å²) < 4.78 is 0. The molecule has 0 aliphatic rings. The van der Waals surface area contributed by atoms with Crippen LogP contribution in [0.5, 0.6) is 0 Å². The topological polar surface area (TPSA) is 33.2 Å². The van der Waals surface area contributed by atoms with Crippen LogP contribution in [0.15, 0.2) is 73.1 Å². The summed E-state index contributed by atoms with van der Waals surface area (Å²) in [5.41, 5.74) is 4.60. The average Bonchev–Trinajstić information content (AvgIpc) is 2.68. The van der Waals surface area contributed by atoms with Crippen LogP contribution in [0.1, 0.15) is 38.1 Å². The Morgan fingerprint density at radius 3 is 1.93 bits per heavy atom. The molecule has 0 spiro atoms. The van der Waals surface area contributed by atoms with Crippen molar-refractivity contribution in [2.45, 2.75) is 39.8 Å². The molecule has 0 N–H and O–H groups in total. The van der Waals surface area contributed by atoms with Crippen molar-refractivity contribution in [2.75, 3.05) is 0 Å². The summed E-state index contributed by atoms with van der Waals surface area (Å²) in [6, 6.07) is 20.3. The van der Waals surface area contributed by atoms with E-state index < -0.39 is 0 Å². The molecule has 3 nitrogen and oxygen atoms in total. The van der Waals surface area contributed by atoms with Crippen LogP contribution in [-0.2, 0) is 0 Å². The van der Waals surface area contributed by atoms with Gasteiger partial charge in [0.25, 0.3) is 5.91 Å². The highest BCUT2D eigenvalue weighted by molar-refractivity contribution is 6.07. The van der Waals surface area contributed by atoms with Crippen LogP contribution in [-0.4, -0.2) is 27.9 Å². The van der Waals surface area contributed by atoms with E-state index >= 15 is 0 Å². The number of amides is 1. The van der Waals surface area contributed by atoms with E-state index in [2.05, 4.69) is 32.7 Å². The summed E-state index contributed by atoms with van der Waals surface area (Å²) in [6.07, 6.45) is 3.57. The van der Waals surface area contributed by atoms with Crippen molar-refractivity contribution in [2.24, 2.45) is 0 Å². The third kappa shape index (κ3) is 3.92. The summed E-state index contributed by atoms with van der Waals surface area (Å²) in [6.45, 7) is 8.25. The largest absolute Gasteiger partial charge is 0.334 e. The molecule has 0 bridgehead atoms. The second-order valence-electron chi connectivity index (χ2n) is 7.24. The number of benzene rings is 2. The van der Waals surface area contributed by atoms with Crippen molar-refractivity contribution in [3.63, 3.8) is 0 Å². The molecule has 0 unspecified atom stereocenters. The lowest BCUT2D eigenvalue weighted by molar-refractivity contribution is 0.0645. The Bertz CT molecular complexity index is 836. The molecule has 138 valence electrons. The minimum atomic E-state index is 0.0540. The first-order valence-corrected chi connectivity index (χ1v) is 9.42. The normalized spacial score (nSPS) is 11.0. The van der Waals surface area contributed by atoms with E-state index in [1.54, 1.807) is 6.20 Å². The molecule has 0 aliphatic carbocycles. The maximum atomic E-state index is 13.7. The number of hydrogen-bond donors (Lipinski definition) is 0. The van der Waals surface area contributed by atoms with Crippen LogP contribution in [0.4, 0.5) is 0 Å². The van der Waals surface area contributed by atoms with Gasteiger partial charge in [0.05, 0.1) is 5.56 Å². The molecule has 1 aromatic heterocycles. The molecule has 0 aliphatic heterocycles. The highest BCUT2D eigenvalue weighted by Crippen LogP contribution is 2.34. The maximum Gasteiger partial charge on any atom is 0.255 e. The lowest BCUT2D eigenvalue weighted by atomic mass is 9.91. The highest BCUT2D eigenvalue weighted by atomic mass is 16.2. The molecular weight excluding hydrogens is 332 g/mol. The van der Waals surface area contributed by atoms with Crippen LogP contribution >= 0.6 is 0 Å². The van der Waals surface area contributed by atoms with Crippen LogP contribution in [0.2, 0.25) is 0 Å². The Balaban J connectivity index is 2.26. The number of nitrogens with zero attached hydrogens (tertiary/aromatic N) is 2. The van der Waals surface area contributed by atoms with E-state index in [9.17, 15) is 4.79 Å². The zero-order chi connectivity index (χ0) is 19.4. The van der Waals surface area contributed by atoms with Crippen molar-refractivity contribution in [3.8, 4) is 22.3 Å². The molecule has 1 heterocycles. The number of hydrogen-bond acceptors (Lipinski definition) is 2. The summed E-state index contributed by atoms with van der Waals surface area (Å²) in [4.78, 5) is 19.9. The summed E-state index contributed by atoms with van der Waals surface area (Å²) in [5.74, 6) is 0.0540. The number of aromatic nitrogens is 1. The molecule has 0 saturated heterocycles. The molecule has 0 radical (unpaired) electrons. The van der Waals surface area contributed by atoms with Crippen LogP contribution in [0.25, 0.3) is 22.3 Å². The zero-order valence-corrected chi connectivity index (χ0v) is 16.4. The lowest BCUT2D eigenvalue weighted by Gasteiger charge is -2.32. The van der Waals surface area contributed by atoms with E-state index in [4.69, 9.17) is 0 Å². The van der Waals surface area contributed by atoms with Gasteiger partial charge in [0.1, 0.15) is 0 Å². The van der Waals surface area contributed by atoms with Gasteiger partial charge in [-0.2, -0.15) is 0 Å². The zero-order valence-electron chi connectivity index (χ0n) is 16.4. The first-order valence-electron chi connectivity index (χ1n) is 9.42. The predicted molar refractivity (Wildman–Crippen MR) is 112 cm³/mol. The van der Waals surface area contributed by atoms with E-state index in [-0.39, 0.29) is 18.0 Å². The van der Waals surface area contributed by atoms with Gasteiger partial charge >= 0.3 is 0 Å². The SMILES string of the molecule is CC(C)N(C(=O)c1c(-c2ccccc2)cccc1-c1cccnc1)C(C)C. The molecule has 0 atom stereocenters. The fourth-order valence-electron chi connectivity index (χ4n) is 3.60. The average molecular weight is 358 g/mol. The third-order valence-electron chi connectivity index (χ3n) is 4.68. The Morgan fingerprint density at radius 1 is 0.778 bits per heavy atom. The van der Waals surface area contributed by atoms with Gasteiger partial charge in [0.2, 0.25) is 0 Å². The van der Waals surface area contributed by atoms with Crippen LogP contribution in [0, 0.1) is 0 Å². The van der Waals surface area contributed by atoms with E-state index in [0.29, 0.717) is 0 Å². The molecule has 0 saturated carbocycles. The maximum absolute atomic E-state index is 13.7. The van der Waals surface area contributed by atoms with Crippen molar-refractivity contribution >= 4 is 5.91 Å². The molecule has 1 amide bonds. The van der Waals surface area contributed by atoms with Crippen molar-refractivity contribution in [1.82, 2.24) is 9.88 Å². The minimum Gasteiger partial charge on any atom is -0.334 e. The predicted octanol–water partition coefficient (Wildman–Crippen LogP) is 5.67. The van der Waals surface area contributed by atoms with E-state index in [1.807, 2.05) is 71.8 Å². The molecule has 3 heteroatoms. The van der Waals surface area contributed by atoms with Gasteiger partial charge in [-0.15, -0.1) is 0 Å². The quantitative estimate of drug-likeness (QED) is 0.588. The second-order valence-corrected chi connectivity index (χ2v) is 7.24. The van der Waals surface area contributed by atoms with Crippen LogP contribution in [0.3, 0.4) is 0 Å². The van der Waals surface area contributed by atoms with Gasteiger partial charge in [-0.3, -0.25) is 9.78 Å². The molecule has 2 aromatic carbocycles. The van der Waals surface area contributed by atoms with E-state index in [0.717, 1.165) is 27.8 Å². The monoisotopic (exact) mass is 358 g/mol. The van der Waals surface area contributed by atoms with Crippen molar-refractivity contribution in [3.05, 3.63) is 78.6 Å². The molecule has 3 aromatic rings. The van der Waals surface area contributed by atoms with E-state index in [1.165, 1.54) is 0 Å². The highest BCUT2D eigenvalue weighted by Gasteiger charge is 2.27. The Kier molecular flexibility index (Phi) is 5.70. The Hall–Kier alpha value is -2.94. The molecule has 3 rings (SSSR count). The van der Waals surface area contributed by atoms with Gasteiger partial charge in [-0.1, -0.05) is 54.6 Å². The van der Waals surface area contributed by atoms with Gasteiger partial charge in [0, 0.05) is 30.0 Å². The number of carbonyl (C=O) groups is 1. The summed E-state index contributed by atoms with van der Waals surface area (Å²) in [5, 5.41) is 0. The first kappa shape index (κ1) is 18.8. The van der Waals surface area contributed by atoms with Crippen molar-refractivity contribution in [1.29, 1.82) is 0 Å². The second kappa shape index (κ2) is 8.17. The van der Waals surface area contributed by atoms with Gasteiger partial charge < -0.3 is 4.90 Å². The standard InChI is InChI=1S/C24H26N2O/c1-17(2)26(18(3)4)24(27)23-21(19-10-6-5-7-11-19)13-8-14-22(23)20-12-9-15-25-16-20/h5-18H,1-4H3.